The number of thioether (sulfide) groups is 1. The van der Waals surface area contributed by atoms with Gasteiger partial charge in [0.25, 0.3) is 0 Å². The molecular weight excluding hydrogens is 182 g/mol. The van der Waals surface area contributed by atoms with E-state index in [2.05, 4.69) is 26.1 Å². The van der Waals surface area contributed by atoms with Crippen molar-refractivity contribution in [3.05, 3.63) is 0 Å². The molecule has 0 aromatic carbocycles. The van der Waals surface area contributed by atoms with E-state index in [4.69, 9.17) is 5.11 Å². The van der Waals surface area contributed by atoms with Crippen molar-refractivity contribution in [1.29, 1.82) is 0 Å². The lowest BCUT2D eigenvalue weighted by Crippen LogP contribution is -2.24. The second-order valence-electron chi connectivity index (χ2n) is 3.66. The van der Waals surface area contributed by atoms with Crippen LogP contribution in [0.4, 0.5) is 0 Å². The molecule has 0 bridgehead atoms. The highest BCUT2D eigenvalue weighted by atomic mass is 32.2. The summed E-state index contributed by atoms with van der Waals surface area (Å²) < 4.78 is 0. The van der Waals surface area contributed by atoms with Gasteiger partial charge in [0, 0.05) is 17.9 Å². The maximum Gasteiger partial charge on any atom is 0.0441 e. The van der Waals surface area contributed by atoms with Crippen LogP contribution in [0.2, 0.25) is 0 Å². The summed E-state index contributed by atoms with van der Waals surface area (Å²) >= 11 is 1.95. The second kappa shape index (κ2) is 8.85. The fourth-order valence-electron chi connectivity index (χ4n) is 1.01. The Morgan fingerprint density at radius 3 is 2.54 bits per heavy atom. The molecule has 0 spiro atoms. The Morgan fingerprint density at radius 2 is 2.00 bits per heavy atom. The maximum atomic E-state index is 8.69. The summed E-state index contributed by atoms with van der Waals surface area (Å²) in [4.78, 5) is 0. The van der Waals surface area contributed by atoms with Crippen molar-refractivity contribution in [3.8, 4) is 0 Å². The first-order valence-corrected chi connectivity index (χ1v) is 6.17. The molecule has 0 aliphatic carbocycles. The van der Waals surface area contributed by atoms with Gasteiger partial charge in [0.1, 0.15) is 0 Å². The molecule has 0 aromatic rings. The fourth-order valence-corrected chi connectivity index (χ4v) is 2.00. The van der Waals surface area contributed by atoms with Crippen molar-refractivity contribution >= 4 is 11.8 Å². The number of nitrogens with one attached hydrogen (secondary N) is 1. The molecular formula is C10H23NOS. The second-order valence-corrected chi connectivity index (χ2v) is 5.20. The van der Waals surface area contributed by atoms with Gasteiger partial charge in [0.05, 0.1) is 0 Å². The van der Waals surface area contributed by atoms with Gasteiger partial charge in [0.15, 0.2) is 0 Å². The zero-order chi connectivity index (χ0) is 10.1. The van der Waals surface area contributed by atoms with E-state index in [1.807, 2.05) is 11.8 Å². The molecule has 0 aliphatic heterocycles. The Morgan fingerprint density at radius 1 is 1.31 bits per heavy atom. The van der Waals surface area contributed by atoms with E-state index in [9.17, 15) is 0 Å². The quantitative estimate of drug-likeness (QED) is 0.593. The molecule has 0 radical (unpaired) electrons. The van der Waals surface area contributed by atoms with Gasteiger partial charge in [-0.05, 0) is 25.1 Å². The van der Waals surface area contributed by atoms with Crippen LogP contribution in [0.15, 0.2) is 0 Å². The smallest absolute Gasteiger partial charge is 0.0441 e. The van der Waals surface area contributed by atoms with Crippen molar-refractivity contribution in [3.63, 3.8) is 0 Å². The number of rotatable bonds is 8. The molecule has 0 rings (SSSR count). The summed E-state index contributed by atoms with van der Waals surface area (Å²) in [5, 5.41) is 12.7. The SMILES string of the molecule is CC(C)NCCCSC(C)CCO. The molecule has 0 aromatic heterocycles. The van der Waals surface area contributed by atoms with Crippen molar-refractivity contribution in [2.75, 3.05) is 18.9 Å². The van der Waals surface area contributed by atoms with E-state index in [0.29, 0.717) is 17.9 Å². The standard InChI is InChI=1S/C10H23NOS/c1-9(2)11-6-4-8-13-10(3)5-7-12/h9-12H,4-8H2,1-3H3. The lowest BCUT2D eigenvalue weighted by Gasteiger charge is -2.10. The zero-order valence-corrected chi connectivity index (χ0v) is 9.86. The predicted molar refractivity (Wildman–Crippen MR) is 61.4 cm³/mol. The van der Waals surface area contributed by atoms with Gasteiger partial charge in [0.2, 0.25) is 0 Å². The van der Waals surface area contributed by atoms with Crippen LogP contribution in [0.1, 0.15) is 33.6 Å². The topological polar surface area (TPSA) is 32.3 Å². The minimum atomic E-state index is 0.318. The highest BCUT2D eigenvalue weighted by Crippen LogP contribution is 2.13. The van der Waals surface area contributed by atoms with Gasteiger partial charge >= 0.3 is 0 Å². The van der Waals surface area contributed by atoms with Crippen LogP contribution in [-0.4, -0.2) is 35.3 Å². The Labute approximate surface area is 86.5 Å². The summed E-state index contributed by atoms with van der Waals surface area (Å²) in [6.07, 6.45) is 2.14. The monoisotopic (exact) mass is 205 g/mol. The maximum absolute atomic E-state index is 8.69. The summed E-state index contributed by atoms with van der Waals surface area (Å²) in [5.41, 5.74) is 0. The molecule has 0 fully saturated rings. The van der Waals surface area contributed by atoms with E-state index >= 15 is 0 Å². The molecule has 0 heterocycles. The van der Waals surface area contributed by atoms with E-state index in [0.717, 1.165) is 13.0 Å². The molecule has 13 heavy (non-hydrogen) atoms. The van der Waals surface area contributed by atoms with Crippen LogP contribution >= 0.6 is 11.8 Å². The molecule has 1 unspecified atom stereocenters. The van der Waals surface area contributed by atoms with Crippen LogP contribution in [0.3, 0.4) is 0 Å². The summed E-state index contributed by atoms with van der Waals surface area (Å²) in [5.74, 6) is 1.20. The summed E-state index contributed by atoms with van der Waals surface area (Å²) in [6.45, 7) is 7.94. The number of hydrogen-bond donors (Lipinski definition) is 2. The largest absolute Gasteiger partial charge is 0.396 e. The average Bonchev–Trinajstić information content (AvgIpc) is 2.03. The van der Waals surface area contributed by atoms with E-state index < -0.39 is 0 Å². The van der Waals surface area contributed by atoms with Gasteiger partial charge in [-0.3, -0.25) is 0 Å². The first-order valence-electron chi connectivity index (χ1n) is 5.12. The van der Waals surface area contributed by atoms with Gasteiger partial charge in [-0.2, -0.15) is 11.8 Å². The molecule has 3 heteroatoms. The van der Waals surface area contributed by atoms with Crippen LogP contribution in [0, 0.1) is 0 Å². The van der Waals surface area contributed by atoms with E-state index in [-0.39, 0.29) is 0 Å². The lowest BCUT2D eigenvalue weighted by molar-refractivity contribution is 0.289. The van der Waals surface area contributed by atoms with Gasteiger partial charge in [-0.15, -0.1) is 0 Å². The van der Waals surface area contributed by atoms with Crippen molar-refractivity contribution in [1.82, 2.24) is 5.32 Å². The average molecular weight is 205 g/mol. The third-order valence-electron chi connectivity index (χ3n) is 1.81. The molecule has 0 saturated heterocycles. The molecule has 0 amide bonds. The fraction of sp³-hybridized carbons (Fsp3) is 1.00. The molecule has 0 saturated carbocycles. The minimum absolute atomic E-state index is 0.318. The number of hydrogen-bond acceptors (Lipinski definition) is 3. The zero-order valence-electron chi connectivity index (χ0n) is 9.05. The van der Waals surface area contributed by atoms with E-state index in [1.165, 1.54) is 12.2 Å². The van der Waals surface area contributed by atoms with E-state index in [1.54, 1.807) is 0 Å². The predicted octanol–water partition coefficient (Wildman–Crippen LogP) is 1.88. The Balaban J connectivity index is 3.06. The van der Waals surface area contributed by atoms with Crippen LogP contribution in [0.25, 0.3) is 0 Å². The van der Waals surface area contributed by atoms with Gasteiger partial charge < -0.3 is 10.4 Å². The summed E-state index contributed by atoms with van der Waals surface area (Å²) in [7, 11) is 0. The first-order chi connectivity index (χ1) is 6.16. The number of aliphatic hydroxyl groups is 1. The Bertz CT molecular complexity index is 109. The third-order valence-corrected chi connectivity index (χ3v) is 3.14. The third kappa shape index (κ3) is 10.2. The van der Waals surface area contributed by atoms with Crippen LogP contribution < -0.4 is 5.32 Å². The molecule has 80 valence electrons. The molecule has 1 atom stereocenters. The van der Waals surface area contributed by atoms with Crippen LogP contribution in [0.5, 0.6) is 0 Å². The Hall–Kier alpha value is 0.270. The highest BCUT2D eigenvalue weighted by molar-refractivity contribution is 7.99. The van der Waals surface area contributed by atoms with Crippen LogP contribution in [-0.2, 0) is 0 Å². The first kappa shape index (κ1) is 13.3. The number of aliphatic hydroxyl groups excluding tert-OH is 1. The van der Waals surface area contributed by atoms with Crippen molar-refractivity contribution < 1.29 is 5.11 Å². The lowest BCUT2D eigenvalue weighted by atomic mass is 10.3. The summed E-state index contributed by atoms with van der Waals surface area (Å²) in [6, 6.07) is 0.597. The normalized spacial score (nSPS) is 13.6. The van der Waals surface area contributed by atoms with Crippen molar-refractivity contribution in [2.45, 2.75) is 44.9 Å². The molecule has 0 aliphatic rings. The Kier molecular flexibility index (Phi) is 9.03. The van der Waals surface area contributed by atoms with Gasteiger partial charge in [-0.1, -0.05) is 20.8 Å². The molecule has 2 N–H and O–H groups in total. The van der Waals surface area contributed by atoms with Crippen molar-refractivity contribution in [2.24, 2.45) is 0 Å². The van der Waals surface area contributed by atoms with Gasteiger partial charge in [-0.25, -0.2) is 0 Å². The minimum Gasteiger partial charge on any atom is -0.396 e. The molecule has 2 nitrogen and oxygen atoms in total. The highest BCUT2D eigenvalue weighted by Gasteiger charge is 2.00.